The summed E-state index contributed by atoms with van der Waals surface area (Å²) in [5.74, 6) is -0.355. The van der Waals surface area contributed by atoms with Gasteiger partial charge in [0.05, 0.1) is 12.5 Å². The molecule has 0 fully saturated rings. The van der Waals surface area contributed by atoms with Crippen molar-refractivity contribution < 1.29 is 9.53 Å². The molecular weight excluding hydrogens is 214 g/mol. The largest absolute Gasteiger partial charge is 0.461 e. The van der Waals surface area contributed by atoms with Crippen LogP contribution in [-0.2, 0) is 9.53 Å². The fraction of sp³-hybridized carbons (Fsp3) is 0.429. The fourth-order valence-electron chi connectivity index (χ4n) is 1.89. The quantitative estimate of drug-likeness (QED) is 0.316. The van der Waals surface area contributed by atoms with Gasteiger partial charge in [-0.25, -0.2) is 4.79 Å². The molecule has 0 saturated carbocycles. The van der Waals surface area contributed by atoms with Crippen LogP contribution in [0.5, 0.6) is 0 Å². The van der Waals surface area contributed by atoms with E-state index < -0.39 is 0 Å². The molecule has 0 heterocycles. The Bertz CT molecular complexity index is 410. The van der Waals surface area contributed by atoms with Crippen molar-refractivity contribution in [2.75, 3.05) is 6.61 Å². The molecule has 3 nitrogen and oxygen atoms in total. The summed E-state index contributed by atoms with van der Waals surface area (Å²) in [7, 11) is 0. The normalized spacial score (nSPS) is 17.1. The van der Waals surface area contributed by atoms with Crippen LogP contribution in [-0.4, -0.2) is 12.6 Å². The van der Waals surface area contributed by atoms with Crippen LogP contribution in [0.3, 0.4) is 0 Å². The van der Waals surface area contributed by atoms with Gasteiger partial charge in [-0.05, 0) is 37.3 Å². The zero-order valence-corrected chi connectivity index (χ0v) is 10.2. The van der Waals surface area contributed by atoms with Gasteiger partial charge in [-0.2, -0.15) is 5.26 Å². The lowest BCUT2D eigenvalue weighted by Crippen LogP contribution is -2.03. The van der Waals surface area contributed by atoms with E-state index in [1.807, 2.05) is 12.1 Å². The number of hydrogen-bond acceptors (Lipinski definition) is 3. The first-order valence-electron chi connectivity index (χ1n) is 5.73. The van der Waals surface area contributed by atoms with Crippen molar-refractivity contribution in [2.24, 2.45) is 0 Å². The van der Waals surface area contributed by atoms with E-state index in [2.05, 4.69) is 13.5 Å². The van der Waals surface area contributed by atoms with Crippen LogP contribution in [0.4, 0.5) is 0 Å². The van der Waals surface area contributed by atoms with Gasteiger partial charge >= 0.3 is 5.97 Å². The maximum Gasteiger partial charge on any atom is 0.331 e. The molecule has 0 atom stereocenters. The summed E-state index contributed by atoms with van der Waals surface area (Å²) >= 11 is 0. The van der Waals surface area contributed by atoms with Crippen LogP contribution in [0.15, 0.2) is 35.5 Å². The van der Waals surface area contributed by atoms with E-state index in [4.69, 9.17) is 10.00 Å². The number of carbonyl (C=O) groups excluding carboxylic acids is 1. The maximum absolute atomic E-state index is 11.5. The Kier molecular flexibility index (Phi) is 5.22. The highest BCUT2D eigenvalue weighted by molar-refractivity contribution is 5.84. The molecule has 1 rings (SSSR count). The minimum Gasteiger partial charge on any atom is -0.461 e. The van der Waals surface area contributed by atoms with E-state index in [1.165, 1.54) is 11.1 Å². The molecule has 0 N–H and O–H groups in total. The highest BCUT2D eigenvalue weighted by Gasteiger charge is 2.16. The molecule has 90 valence electrons. The third-order valence-electron chi connectivity index (χ3n) is 2.77. The molecule has 0 aromatic carbocycles. The van der Waals surface area contributed by atoms with E-state index in [0.29, 0.717) is 0 Å². The molecule has 0 aromatic rings. The number of allylic oxidation sites excluding steroid dienone is 4. The van der Waals surface area contributed by atoms with Crippen molar-refractivity contribution in [3.05, 3.63) is 35.5 Å². The molecule has 17 heavy (non-hydrogen) atoms. The van der Waals surface area contributed by atoms with Crippen LogP contribution < -0.4 is 0 Å². The number of nitrogens with zero attached hydrogens (tertiary/aromatic N) is 1. The Labute approximate surface area is 102 Å². The Morgan fingerprint density at radius 1 is 1.59 bits per heavy atom. The predicted octanol–water partition coefficient (Wildman–Crippen LogP) is 3.06. The number of rotatable bonds is 5. The second-order valence-corrected chi connectivity index (χ2v) is 4.00. The van der Waals surface area contributed by atoms with Crippen molar-refractivity contribution in [3.8, 4) is 6.07 Å². The maximum atomic E-state index is 11.5. The van der Waals surface area contributed by atoms with Gasteiger partial charge < -0.3 is 4.74 Å². The van der Waals surface area contributed by atoms with Crippen LogP contribution in [0, 0.1) is 11.3 Å². The van der Waals surface area contributed by atoms with Gasteiger partial charge in [0.15, 0.2) is 0 Å². The van der Waals surface area contributed by atoms with Gasteiger partial charge in [0.25, 0.3) is 0 Å². The molecular formula is C14H17NO2. The fourth-order valence-corrected chi connectivity index (χ4v) is 1.89. The molecule has 3 heteroatoms. The van der Waals surface area contributed by atoms with Crippen molar-refractivity contribution in [2.45, 2.75) is 32.6 Å². The van der Waals surface area contributed by atoms with Crippen LogP contribution in [0.25, 0.3) is 0 Å². The predicted molar refractivity (Wildman–Crippen MR) is 66.0 cm³/mol. The molecule has 0 bridgehead atoms. The third-order valence-corrected chi connectivity index (χ3v) is 2.77. The SMILES string of the molecule is C=CCC1=C(C)CCC1=CC(=O)OCCC#N. The third kappa shape index (κ3) is 3.92. The zero-order chi connectivity index (χ0) is 12.7. The summed E-state index contributed by atoms with van der Waals surface area (Å²) in [6, 6.07) is 1.93. The Morgan fingerprint density at radius 2 is 2.35 bits per heavy atom. The van der Waals surface area contributed by atoms with Crippen LogP contribution in [0.2, 0.25) is 0 Å². The number of ether oxygens (including phenoxy) is 1. The van der Waals surface area contributed by atoms with Gasteiger partial charge in [-0.15, -0.1) is 6.58 Å². The van der Waals surface area contributed by atoms with Crippen molar-refractivity contribution in [3.63, 3.8) is 0 Å². The minimum absolute atomic E-state index is 0.165. The van der Waals surface area contributed by atoms with E-state index in [-0.39, 0.29) is 19.0 Å². The molecule has 0 aromatic heterocycles. The topological polar surface area (TPSA) is 50.1 Å². The first-order chi connectivity index (χ1) is 8.19. The summed E-state index contributed by atoms with van der Waals surface area (Å²) in [4.78, 5) is 11.5. The summed E-state index contributed by atoms with van der Waals surface area (Å²) in [5.41, 5.74) is 3.57. The molecule has 0 aliphatic heterocycles. The van der Waals surface area contributed by atoms with Crippen molar-refractivity contribution >= 4 is 5.97 Å². The summed E-state index contributed by atoms with van der Waals surface area (Å²) in [6.45, 7) is 5.97. The number of hydrogen-bond donors (Lipinski definition) is 0. The summed E-state index contributed by atoms with van der Waals surface area (Å²) in [6.07, 6.45) is 6.32. The molecule has 0 unspecified atom stereocenters. The lowest BCUT2D eigenvalue weighted by Gasteiger charge is -2.04. The van der Waals surface area contributed by atoms with E-state index >= 15 is 0 Å². The molecule has 0 radical (unpaired) electrons. The second-order valence-electron chi connectivity index (χ2n) is 4.00. The molecule has 0 spiro atoms. The standard InChI is InChI=1S/C14H17NO2/c1-3-5-13-11(2)6-7-12(13)10-14(16)17-9-4-8-15/h3,10H,1,4-7,9H2,2H3. The van der Waals surface area contributed by atoms with Gasteiger partial charge in [0, 0.05) is 6.08 Å². The van der Waals surface area contributed by atoms with Crippen molar-refractivity contribution in [1.82, 2.24) is 0 Å². The first kappa shape index (κ1) is 13.2. The smallest absolute Gasteiger partial charge is 0.331 e. The number of nitriles is 1. The number of carbonyl (C=O) groups is 1. The van der Waals surface area contributed by atoms with Gasteiger partial charge in [-0.1, -0.05) is 11.6 Å². The lowest BCUT2D eigenvalue weighted by atomic mass is 10.0. The Hall–Kier alpha value is -1.82. The highest BCUT2D eigenvalue weighted by atomic mass is 16.5. The molecule has 1 aliphatic carbocycles. The molecule has 1 aliphatic rings. The average Bonchev–Trinajstić information content (AvgIpc) is 2.62. The number of esters is 1. The van der Waals surface area contributed by atoms with E-state index in [0.717, 1.165) is 24.8 Å². The first-order valence-corrected chi connectivity index (χ1v) is 5.73. The summed E-state index contributed by atoms with van der Waals surface area (Å²) < 4.78 is 4.92. The Morgan fingerprint density at radius 3 is 3.00 bits per heavy atom. The highest BCUT2D eigenvalue weighted by Crippen LogP contribution is 2.33. The van der Waals surface area contributed by atoms with E-state index in [9.17, 15) is 4.79 Å². The van der Waals surface area contributed by atoms with Crippen LogP contribution >= 0.6 is 0 Å². The minimum atomic E-state index is -0.355. The van der Waals surface area contributed by atoms with Crippen LogP contribution in [0.1, 0.15) is 32.6 Å². The molecule has 0 saturated heterocycles. The van der Waals surface area contributed by atoms with Gasteiger partial charge in [-0.3, -0.25) is 0 Å². The van der Waals surface area contributed by atoms with Gasteiger partial charge in [0.1, 0.15) is 6.61 Å². The summed E-state index contributed by atoms with van der Waals surface area (Å²) in [5, 5.41) is 8.33. The lowest BCUT2D eigenvalue weighted by molar-refractivity contribution is -0.137. The second kappa shape index (κ2) is 6.70. The molecule has 0 amide bonds. The zero-order valence-electron chi connectivity index (χ0n) is 10.2. The Balaban J connectivity index is 2.63. The van der Waals surface area contributed by atoms with Crippen molar-refractivity contribution in [1.29, 1.82) is 5.26 Å². The van der Waals surface area contributed by atoms with E-state index in [1.54, 1.807) is 6.08 Å². The average molecular weight is 231 g/mol. The van der Waals surface area contributed by atoms with Gasteiger partial charge in [0.2, 0.25) is 0 Å². The monoisotopic (exact) mass is 231 g/mol.